The van der Waals surface area contributed by atoms with Gasteiger partial charge >= 0.3 is 12.5 Å². The lowest BCUT2D eigenvalue weighted by Gasteiger charge is -2.19. The Kier molecular flexibility index (Phi) is 5.24. The summed E-state index contributed by atoms with van der Waals surface area (Å²) in [6.07, 6.45) is -2.81. The fourth-order valence-corrected chi connectivity index (χ4v) is 3.96. The average Bonchev–Trinajstić information content (AvgIpc) is 3.10. The normalized spacial score (nSPS) is 23.6. The van der Waals surface area contributed by atoms with Crippen molar-refractivity contribution in [1.82, 2.24) is 29.9 Å². The molecule has 3 atom stereocenters. The number of anilines is 2. The molecule has 3 aromatic rings. The summed E-state index contributed by atoms with van der Waals surface area (Å²) < 4.78 is 62.9. The van der Waals surface area contributed by atoms with Gasteiger partial charge in [-0.1, -0.05) is 0 Å². The van der Waals surface area contributed by atoms with Gasteiger partial charge in [-0.3, -0.25) is 9.50 Å². The van der Waals surface area contributed by atoms with Crippen LogP contribution in [0.5, 0.6) is 5.88 Å². The van der Waals surface area contributed by atoms with E-state index >= 15 is 4.39 Å². The first-order valence-corrected chi connectivity index (χ1v) is 10.6. The Morgan fingerprint density at radius 1 is 1.32 bits per heavy atom. The molecule has 3 heterocycles. The Morgan fingerprint density at radius 2 is 2.12 bits per heavy atom. The number of carbonyl (C=O) groups is 1. The second-order valence-electron chi connectivity index (χ2n) is 8.71. The van der Waals surface area contributed by atoms with E-state index in [1.54, 1.807) is 6.07 Å². The fraction of sp³-hybridized carbons (Fsp3) is 0.500. The molecule has 2 aliphatic carbocycles. The molecule has 182 valence electrons. The molecular formula is C20H21F4N7O3. The number of nitrogens with one attached hydrogen (secondary N) is 3. The molecule has 0 saturated heterocycles. The monoisotopic (exact) mass is 483 g/mol. The van der Waals surface area contributed by atoms with Gasteiger partial charge in [0.1, 0.15) is 17.9 Å². The van der Waals surface area contributed by atoms with Gasteiger partial charge in [-0.05, 0) is 38.7 Å². The lowest BCUT2D eigenvalue weighted by Crippen LogP contribution is -2.38. The summed E-state index contributed by atoms with van der Waals surface area (Å²) in [6.45, 7) is 1.90. The summed E-state index contributed by atoms with van der Waals surface area (Å²) in [7, 11) is 0. The van der Waals surface area contributed by atoms with Crippen molar-refractivity contribution in [2.24, 2.45) is 0 Å². The molecule has 0 aliphatic heterocycles. The van der Waals surface area contributed by atoms with Gasteiger partial charge in [-0.25, -0.2) is 14.2 Å². The number of imidazole rings is 1. The highest BCUT2D eigenvalue weighted by Crippen LogP contribution is 2.39. The number of hydrogen-bond acceptors (Lipinski definition) is 7. The Labute approximate surface area is 190 Å². The number of H-pyrrole nitrogens is 1. The van der Waals surface area contributed by atoms with E-state index in [2.05, 4.69) is 35.5 Å². The number of rotatable bonds is 6. The highest BCUT2D eigenvalue weighted by Gasteiger charge is 2.43. The van der Waals surface area contributed by atoms with Crippen LogP contribution in [0.15, 0.2) is 24.5 Å². The van der Waals surface area contributed by atoms with Crippen molar-refractivity contribution in [3.05, 3.63) is 30.2 Å². The molecule has 0 radical (unpaired) electrons. The number of amides is 1. The van der Waals surface area contributed by atoms with Gasteiger partial charge in [-0.2, -0.15) is 10.1 Å². The second-order valence-corrected chi connectivity index (χ2v) is 8.71. The topological polar surface area (TPSA) is 118 Å². The minimum Gasteiger partial charge on any atom is -0.443 e. The number of nitrogens with zero attached hydrogens (tertiary/aromatic N) is 4. The predicted octanol–water partition coefficient (Wildman–Crippen LogP) is 3.96. The summed E-state index contributed by atoms with van der Waals surface area (Å²) in [4.78, 5) is 19.9. The van der Waals surface area contributed by atoms with Crippen molar-refractivity contribution < 1.29 is 31.8 Å². The van der Waals surface area contributed by atoms with Crippen molar-refractivity contribution in [1.29, 1.82) is 0 Å². The lowest BCUT2D eigenvalue weighted by molar-refractivity contribution is -0.276. The van der Waals surface area contributed by atoms with E-state index in [9.17, 15) is 18.0 Å². The number of ether oxygens (including phenoxy) is 2. The van der Waals surface area contributed by atoms with E-state index in [1.165, 1.54) is 16.7 Å². The predicted molar refractivity (Wildman–Crippen MR) is 109 cm³/mol. The standard InChI is InChI=1S/C20H21F4N7O3/c1-19(5-6-19)28-18(32)33-12-3-2-10(16(12)21)11-8-13(30-29-11)26-17-25-7-4-14-27-15(9-31(14)17)34-20(22,23)24/h4,7-10,12,16H,2-3,5-6H2,1H3,(H,28,32)(H2,25,26,29,30)/t10-,12-,16+/m0/s1. The smallest absolute Gasteiger partial charge is 0.443 e. The summed E-state index contributed by atoms with van der Waals surface area (Å²) in [5, 5.41) is 12.5. The number of carbonyl (C=O) groups excluding carboxylic acids is 1. The highest BCUT2D eigenvalue weighted by atomic mass is 19.4. The van der Waals surface area contributed by atoms with Crippen LogP contribution in [0.2, 0.25) is 0 Å². The largest absolute Gasteiger partial charge is 0.574 e. The first-order chi connectivity index (χ1) is 16.1. The molecule has 0 bridgehead atoms. The molecule has 14 heteroatoms. The number of alkyl halides is 4. The number of aromatic amines is 1. The molecule has 0 unspecified atom stereocenters. The van der Waals surface area contributed by atoms with E-state index in [0.717, 1.165) is 19.0 Å². The Balaban J connectivity index is 1.25. The van der Waals surface area contributed by atoms with Gasteiger partial charge in [-0.15, -0.1) is 13.2 Å². The van der Waals surface area contributed by atoms with E-state index in [1.807, 2.05) is 6.92 Å². The fourth-order valence-electron chi connectivity index (χ4n) is 3.96. The van der Waals surface area contributed by atoms with Crippen LogP contribution in [-0.4, -0.2) is 54.8 Å². The van der Waals surface area contributed by atoms with Gasteiger partial charge in [0.15, 0.2) is 5.82 Å². The third kappa shape index (κ3) is 4.70. The molecule has 10 nitrogen and oxygen atoms in total. The molecular weight excluding hydrogens is 462 g/mol. The first-order valence-electron chi connectivity index (χ1n) is 10.6. The second kappa shape index (κ2) is 8.02. The molecule has 0 aromatic carbocycles. The van der Waals surface area contributed by atoms with Crippen LogP contribution in [0.3, 0.4) is 0 Å². The zero-order valence-corrected chi connectivity index (χ0v) is 17.9. The van der Waals surface area contributed by atoms with Crippen molar-refractivity contribution in [2.45, 2.75) is 62.7 Å². The van der Waals surface area contributed by atoms with Gasteiger partial charge in [0.25, 0.3) is 0 Å². The maximum Gasteiger partial charge on any atom is 0.574 e. The highest BCUT2D eigenvalue weighted by molar-refractivity contribution is 5.69. The lowest BCUT2D eigenvalue weighted by atomic mass is 10.0. The average molecular weight is 483 g/mol. The van der Waals surface area contributed by atoms with Crippen molar-refractivity contribution in [3.63, 3.8) is 0 Å². The zero-order valence-electron chi connectivity index (χ0n) is 17.9. The van der Waals surface area contributed by atoms with Crippen LogP contribution in [0.25, 0.3) is 5.65 Å². The number of hydrogen-bond donors (Lipinski definition) is 3. The summed E-state index contributed by atoms with van der Waals surface area (Å²) in [5.74, 6) is -0.780. The number of aromatic nitrogens is 5. The molecule has 0 spiro atoms. The molecule has 34 heavy (non-hydrogen) atoms. The van der Waals surface area contributed by atoms with Crippen LogP contribution in [0, 0.1) is 0 Å². The Bertz CT molecular complexity index is 1210. The zero-order chi connectivity index (χ0) is 24.1. The van der Waals surface area contributed by atoms with Crippen molar-refractivity contribution in [3.8, 4) is 5.88 Å². The van der Waals surface area contributed by atoms with Crippen molar-refractivity contribution in [2.75, 3.05) is 5.32 Å². The SMILES string of the molecule is CC1(NC(=O)O[C@H]2CC[C@@H](c3cc(Nc4nccc5nc(OC(F)(F)F)cn45)n[nH]3)[C@H]2F)CC1. The molecule has 2 saturated carbocycles. The summed E-state index contributed by atoms with van der Waals surface area (Å²) >= 11 is 0. The number of fused-ring (bicyclic) bond motifs is 1. The van der Waals surface area contributed by atoms with E-state index in [4.69, 9.17) is 4.74 Å². The minimum absolute atomic E-state index is 0.134. The molecule has 2 fully saturated rings. The summed E-state index contributed by atoms with van der Waals surface area (Å²) in [5.41, 5.74) is 0.413. The minimum atomic E-state index is -4.88. The number of halogens is 4. The van der Waals surface area contributed by atoms with Gasteiger partial charge in [0.2, 0.25) is 11.8 Å². The molecule has 1 amide bonds. The third-order valence-corrected chi connectivity index (χ3v) is 5.98. The molecule has 2 aliphatic rings. The van der Waals surface area contributed by atoms with Gasteiger partial charge < -0.3 is 20.1 Å². The molecule has 5 rings (SSSR count). The van der Waals surface area contributed by atoms with Crippen molar-refractivity contribution >= 4 is 23.5 Å². The maximum atomic E-state index is 15.0. The van der Waals surface area contributed by atoms with E-state index < -0.39 is 36.5 Å². The number of alkyl carbamates (subject to hydrolysis) is 1. The maximum absolute atomic E-state index is 15.0. The van der Waals surface area contributed by atoms with Crippen LogP contribution >= 0.6 is 0 Å². The molecule has 3 aromatic heterocycles. The van der Waals surface area contributed by atoms with Crippen LogP contribution in [0.1, 0.15) is 44.2 Å². The van der Waals surface area contributed by atoms with Crippen LogP contribution in [-0.2, 0) is 4.74 Å². The Morgan fingerprint density at radius 3 is 2.85 bits per heavy atom. The van der Waals surface area contributed by atoms with E-state index in [-0.39, 0.29) is 23.0 Å². The molecule has 3 N–H and O–H groups in total. The Hall–Kier alpha value is -3.58. The van der Waals surface area contributed by atoms with Crippen LogP contribution in [0.4, 0.5) is 34.1 Å². The third-order valence-electron chi connectivity index (χ3n) is 5.98. The van der Waals surface area contributed by atoms with Gasteiger partial charge in [0.05, 0.1) is 6.20 Å². The van der Waals surface area contributed by atoms with Gasteiger partial charge in [0, 0.05) is 29.4 Å². The van der Waals surface area contributed by atoms with E-state index in [0.29, 0.717) is 18.5 Å². The quantitative estimate of drug-likeness (QED) is 0.454. The first kappa shape index (κ1) is 22.2. The van der Waals surface area contributed by atoms with Crippen LogP contribution < -0.4 is 15.4 Å². The summed E-state index contributed by atoms with van der Waals surface area (Å²) in [6, 6.07) is 2.99.